The van der Waals surface area contributed by atoms with Crippen LogP contribution in [0.4, 0.5) is 0 Å². The molecule has 2 aromatic carbocycles. The van der Waals surface area contributed by atoms with Gasteiger partial charge in [-0.15, -0.1) is 11.6 Å². The van der Waals surface area contributed by atoms with E-state index >= 15 is 0 Å². The summed E-state index contributed by atoms with van der Waals surface area (Å²) in [5.41, 5.74) is 1.24. The van der Waals surface area contributed by atoms with Crippen LogP contribution < -0.4 is 0 Å². The molecule has 2 aromatic rings. The molecule has 1 unspecified atom stereocenters. The minimum atomic E-state index is 0.0997. The van der Waals surface area contributed by atoms with Gasteiger partial charge in [-0.1, -0.05) is 42.8 Å². The van der Waals surface area contributed by atoms with E-state index in [0.717, 1.165) is 6.54 Å². The molecule has 2 heteroatoms. The number of benzene rings is 2. The Morgan fingerprint density at radius 1 is 0.947 bits per heavy atom. The molecule has 1 saturated heterocycles. The van der Waals surface area contributed by atoms with Crippen LogP contribution >= 0.6 is 11.6 Å². The van der Waals surface area contributed by atoms with Crippen molar-refractivity contribution in [3.8, 4) is 0 Å². The maximum Gasteiger partial charge on any atom is 0.0712 e. The van der Waals surface area contributed by atoms with Crippen LogP contribution in [0.5, 0.6) is 0 Å². The lowest BCUT2D eigenvalue weighted by molar-refractivity contribution is 0.229. The van der Waals surface area contributed by atoms with Crippen LogP contribution in [0.15, 0.2) is 42.5 Å². The Morgan fingerprint density at radius 3 is 2.47 bits per heavy atom. The third-order valence-corrected chi connectivity index (χ3v) is 4.39. The molecule has 0 spiro atoms. The van der Waals surface area contributed by atoms with Gasteiger partial charge in [-0.2, -0.15) is 0 Å². The first kappa shape index (κ1) is 13.0. The lowest BCUT2D eigenvalue weighted by atomic mass is 10.0. The summed E-state index contributed by atoms with van der Waals surface area (Å²) in [6.07, 6.45) is 4.02. The molecule has 0 bridgehead atoms. The van der Waals surface area contributed by atoms with Crippen molar-refractivity contribution < 1.29 is 0 Å². The molecule has 1 aliphatic rings. The molecule has 0 aliphatic carbocycles. The standard InChI is InChI=1S/C17H20ClN/c18-17(13-19-10-4-1-5-11-19)16-9-8-14-6-2-3-7-15(14)12-16/h2-3,6-9,12,17H,1,4-5,10-11,13H2. The van der Waals surface area contributed by atoms with Crippen molar-refractivity contribution in [2.45, 2.75) is 24.6 Å². The lowest BCUT2D eigenvalue weighted by Gasteiger charge is -2.28. The van der Waals surface area contributed by atoms with E-state index in [9.17, 15) is 0 Å². The third-order valence-electron chi connectivity index (χ3n) is 4.00. The predicted molar refractivity (Wildman–Crippen MR) is 82.8 cm³/mol. The molecular formula is C17H20ClN. The molecule has 1 heterocycles. The van der Waals surface area contributed by atoms with Crippen molar-refractivity contribution in [2.24, 2.45) is 0 Å². The highest BCUT2D eigenvalue weighted by atomic mass is 35.5. The lowest BCUT2D eigenvalue weighted by Crippen LogP contribution is -2.32. The van der Waals surface area contributed by atoms with E-state index in [1.165, 1.54) is 48.7 Å². The first-order valence-corrected chi connectivity index (χ1v) is 7.62. The summed E-state index contributed by atoms with van der Waals surface area (Å²) in [5.74, 6) is 0. The van der Waals surface area contributed by atoms with E-state index in [2.05, 4.69) is 47.4 Å². The van der Waals surface area contributed by atoms with Crippen molar-refractivity contribution in [2.75, 3.05) is 19.6 Å². The summed E-state index contributed by atoms with van der Waals surface area (Å²) >= 11 is 6.60. The molecule has 0 amide bonds. The van der Waals surface area contributed by atoms with Crippen molar-refractivity contribution in [1.29, 1.82) is 0 Å². The van der Waals surface area contributed by atoms with Gasteiger partial charge in [0.2, 0.25) is 0 Å². The predicted octanol–water partition coefficient (Wildman–Crippen LogP) is 4.61. The Morgan fingerprint density at radius 2 is 1.68 bits per heavy atom. The summed E-state index contributed by atoms with van der Waals surface area (Å²) in [6, 6.07) is 15.0. The molecule has 19 heavy (non-hydrogen) atoms. The van der Waals surface area contributed by atoms with Crippen LogP contribution in [-0.2, 0) is 0 Å². The van der Waals surface area contributed by atoms with Crippen LogP contribution in [0, 0.1) is 0 Å². The van der Waals surface area contributed by atoms with Gasteiger partial charge in [0.05, 0.1) is 5.38 Å². The van der Waals surface area contributed by atoms with Crippen LogP contribution in [0.25, 0.3) is 10.8 Å². The zero-order chi connectivity index (χ0) is 13.1. The topological polar surface area (TPSA) is 3.24 Å². The molecule has 3 rings (SSSR count). The largest absolute Gasteiger partial charge is 0.302 e. The SMILES string of the molecule is ClC(CN1CCCCC1)c1ccc2ccccc2c1. The van der Waals surface area contributed by atoms with Gasteiger partial charge in [-0.3, -0.25) is 0 Å². The second-order valence-corrected chi connectivity index (χ2v) is 5.96. The molecule has 0 saturated carbocycles. The third kappa shape index (κ3) is 3.10. The first-order valence-electron chi connectivity index (χ1n) is 7.18. The van der Waals surface area contributed by atoms with E-state index in [1.54, 1.807) is 0 Å². The van der Waals surface area contributed by atoms with E-state index in [-0.39, 0.29) is 5.38 Å². The Hall–Kier alpha value is -1.05. The van der Waals surface area contributed by atoms with Gasteiger partial charge in [0.15, 0.2) is 0 Å². The van der Waals surface area contributed by atoms with Crippen LogP contribution in [0.1, 0.15) is 30.2 Å². The highest BCUT2D eigenvalue weighted by molar-refractivity contribution is 6.21. The smallest absolute Gasteiger partial charge is 0.0712 e. The molecule has 1 atom stereocenters. The number of alkyl halides is 1. The van der Waals surface area contributed by atoms with E-state index in [0.29, 0.717) is 0 Å². The molecule has 0 radical (unpaired) electrons. The quantitative estimate of drug-likeness (QED) is 0.739. The normalized spacial score (nSPS) is 18.6. The fraction of sp³-hybridized carbons (Fsp3) is 0.412. The number of likely N-dealkylation sites (tertiary alicyclic amines) is 1. The average Bonchev–Trinajstić information content (AvgIpc) is 2.48. The number of piperidine rings is 1. The Balaban J connectivity index is 1.75. The molecule has 1 aliphatic heterocycles. The molecule has 1 nitrogen and oxygen atoms in total. The van der Waals surface area contributed by atoms with Crippen molar-refractivity contribution in [1.82, 2.24) is 4.90 Å². The number of rotatable bonds is 3. The van der Waals surface area contributed by atoms with Crippen LogP contribution in [0.2, 0.25) is 0 Å². The van der Waals surface area contributed by atoms with E-state index < -0.39 is 0 Å². The summed E-state index contributed by atoms with van der Waals surface area (Å²) in [7, 11) is 0. The molecule has 0 N–H and O–H groups in total. The van der Waals surface area contributed by atoms with Gasteiger partial charge in [0, 0.05) is 6.54 Å². The van der Waals surface area contributed by atoms with Gasteiger partial charge in [-0.05, 0) is 48.3 Å². The zero-order valence-electron chi connectivity index (χ0n) is 11.2. The van der Waals surface area contributed by atoms with Crippen LogP contribution in [0.3, 0.4) is 0 Å². The van der Waals surface area contributed by atoms with Crippen LogP contribution in [-0.4, -0.2) is 24.5 Å². The molecule has 1 fully saturated rings. The maximum absolute atomic E-state index is 6.60. The van der Waals surface area contributed by atoms with Crippen molar-refractivity contribution in [3.05, 3.63) is 48.0 Å². The van der Waals surface area contributed by atoms with Crippen molar-refractivity contribution >= 4 is 22.4 Å². The molecule has 0 aromatic heterocycles. The second-order valence-electron chi connectivity index (χ2n) is 5.44. The maximum atomic E-state index is 6.60. The number of hydrogen-bond acceptors (Lipinski definition) is 1. The number of halogens is 1. The van der Waals surface area contributed by atoms with Gasteiger partial charge >= 0.3 is 0 Å². The highest BCUT2D eigenvalue weighted by Crippen LogP contribution is 2.26. The van der Waals surface area contributed by atoms with E-state index in [4.69, 9.17) is 11.6 Å². The summed E-state index contributed by atoms with van der Waals surface area (Å²) in [5, 5.41) is 2.67. The Labute approximate surface area is 120 Å². The number of hydrogen-bond donors (Lipinski definition) is 0. The summed E-state index contributed by atoms with van der Waals surface area (Å²) in [4.78, 5) is 2.50. The molecular weight excluding hydrogens is 254 g/mol. The minimum absolute atomic E-state index is 0.0997. The fourth-order valence-corrected chi connectivity index (χ4v) is 3.21. The Kier molecular flexibility index (Phi) is 4.05. The number of fused-ring (bicyclic) bond motifs is 1. The highest BCUT2D eigenvalue weighted by Gasteiger charge is 2.16. The second kappa shape index (κ2) is 5.94. The summed E-state index contributed by atoms with van der Waals surface area (Å²) < 4.78 is 0. The fourth-order valence-electron chi connectivity index (χ4n) is 2.88. The van der Waals surface area contributed by atoms with Gasteiger partial charge < -0.3 is 4.90 Å². The average molecular weight is 274 g/mol. The monoisotopic (exact) mass is 273 g/mol. The first-order chi connectivity index (χ1) is 9.33. The molecule has 100 valence electrons. The van der Waals surface area contributed by atoms with Crippen molar-refractivity contribution in [3.63, 3.8) is 0 Å². The minimum Gasteiger partial charge on any atom is -0.302 e. The summed E-state index contributed by atoms with van der Waals surface area (Å²) in [6.45, 7) is 3.38. The number of nitrogens with zero attached hydrogens (tertiary/aromatic N) is 1. The van der Waals surface area contributed by atoms with Gasteiger partial charge in [-0.25, -0.2) is 0 Å². The Bertz CT molecular complexity index is 546. The van der Waals surface area contributed by atoms with E-state index in [1.807, 2.05) is 0 Å². The van der Waals surface area contributed by atoms with Gasteiger partial charge in [0.25, 0.3) is 0 Å². The van der Waals surface area contributed by atoms with Gasteiger partial charge in [0.1, 0.15) is 0 Å². The zero-order valence-corrected chi connectivity index (χ0v) is 11.9.